The van der Waals surface area contributed by atoms with Crippen LogP contribution in [0.3, 0.4) is 0 Å². The molecule has 2 N–H and O–H groups in total. The third-order valence-corrected chi connectivity index (χ3v) is 6.65. The van der Waals surface area contributed by atoms with Gasteiger partial charge in [-0.3, -0.25) is 4.79 Å². The first-order valence-electron chi connectivity index (χ1n) is 9.57. The molecular formula is C19H28N2O4S. The van der Waals surface area contributed by atoms with Gasteiger partial charge >= 0.3 is 0 Å². The van der Waals surface area contributed by atoms with Gasteiger partial charge in [-0.1, -0.05) is 25.7 Å². The SMILES string of the molecule is O=C(NCC1CCCO1)c1ccc(S(=O)(=O)NC2CCCCCC2)cc1. The summed E-state index contributed by atoms with van der Waals surface area (Å²) >= 11 is 0. The molecule has 1 aliphatic carbocycles. The zero-order valence-corrected chi connectivity index (χ0v) is 15.9. The first kappa shape index (κ1) is 19.3. The minimum atomic E-state index is -3.55. The van der Waals surface area contributed by atoms with Gasteiger partial charge in [-0.2, -0.15) is 0 Å². The summed E-state index contributed by atoms with van der Waals surface area (Å²) in [5.74, 6) is -0.207. The van der Waals surface area contributed by atoms with E-state index < -0.39 is 10.0 Å². The molecule has 1 saturated carbocycles. The summed E-state index contributed by atoms with van der Waals surface area (Å²) in [5.41, 5.74) is 0.455. The molecule has 1 aliphatic heterocycles. The van der Waals surface area contributed by atoms with E-state index in [-0.39, 0.29) is 22.9 Å². The van der Waals surface area contributed by atoms with E-state index in [0.29, 0.717) is 12.1 Å². The third-order valence-electron chi connectivity index (χ3n) is 5.12. The van der Waals surface area contributed by atoms with E-state index in [1.807, 2.05) is 0 Å². The van der Waals surface area contributed by atoms with Crippen LogP contribution in [0.5, 0.6) is 0 Å². The number of benzene rings is 1. The Labute approximate surface area is 155 Å². The van der Waals surface area contributed by atoms with Crippen molar-refractivity contribution in [1.82, 2.24) is 10.0 Å². The number of hydrogen-bond acceptors (Lipinski definition) is 4. The van der Waals surface area contributed by atoms with Crippen LogP contribution in [0.2, 0.25) is 0 Å². The first-order valence-corrected chi connectivity index (χ1v) is 11.0. The molecular weight excluding hydrogens is 352 g/mol. The molecule has 2 aliphatic rings. The zero-order valence-electron chi connectivity index (χ0n) is 15.1. The number of hydrogen-bond donors (Lipinski definition) is 2. The maximum atomic E-state index is 12.6. The molecule has 2 fully saturated rings. The molecule has 1 aromatic rings. The fourth-order valence-electron chi connectivity index (χ4n) is 3.58. The predicted octanol–water partition coefficient (Wildman–Crippen LogP) is 2.60. The highest BCUT2D eigenvalue weighted by Crippen LogP contribution is 2.20. The van der Waals surface area contributed by atoms with Crippen LogP contribution < -0.4 is 10.0 Å². The van der Waals surface area contributed by atoms with Gasteiger partial charge in [-0.05, 0) is 49.9 Å². The molecule has 0 bridgehead atoms. The highest BCUT2D eigenvalue weighted by molar-refractivity contribution is 7.89. The minimum absolute atomic E-state index is 0.0110. The lowest BCUT2D eigenvalue weighted by Crippen LogP contribution is -2.34. The summed E-state index contributed by atoms with van der Waals surface area (Å²) in [5, 5.41) is 2.84. The molecule has 3 rings (SSSR count). The molecule has 7 heteroatoms. The largest absolute Gasteiger partial charge is 0.376 e. The van der Waals surface area contributed by atoms with Crippen molar-refractivity contribution < 1.29 is 17.9 Å². The van der Waals surface area contributed by atoms with Crippen molar-refractivity contribution in [3.8, 4) is 0 Å². The van der Waals surface area contributed by atoms with E-state index in [9.17, 15) is 13.2 Å². The van der Waals surface area contributed by atoms with Gasteiger partial charge in [-0.25, -0.2) is 13.1 Å². The monoisotopic (exact) mass is 380 g/mol. The maximum absolute atomic E-state index is 12.6. The van der Waals surface area contributed by atoms with Crippen LogP contribution in [0.25, 0.3) is 0 Å². The lowest BCUT2D eigenvalue weighted by atomic mass is 10.1. The Balaban J connectivity index is 1.57. The molecule has 1 amide bonds. The third kappa shape index (κ3) is 5.28. The summed E-state index contributed by atoms with van der Waals surface area (Å²) < 4.78 is 33.4. The Hall–Kier alpha value is -1.44. The summed E-state index contributed by atoms with van der Waals surface area (Å²) in [7, 11) is -3.55. The minimum Gasteiger partial charge on any atom is -0.376 e. The second-order valence-corrected chi connectivity index (χ2v) is 8.89. The van der Waals surface area contributed by atoms with Crippen molar-refractivity contribution in [3.63, 3.8) is 0 Å². The second-order valence-electron chi connectivity index (χ2n) is 7.18. The fourth-order valence-corrected chi connectivity index (χ4v) is 4.89. The highest BCUT2D eigenvalue weighted by Gasteiger charge is 2.22. The number of ether oxygens (including phenoxy) is 1. The summed E-state index contributed by atoms with van der Waals surface area (Å²) in [6.45, 7) is 1.24. The van der Waals surface area contributed by atoms with Crippen LogP contribution in [-0.4, -0.2) is 39.6 Å². The van der Waals surface area contributed by atoms with Crippen LogP contribution in [0.1, 0.15) is 61.7 Å². The Morgan fingerprint density at radius 2 is 1.69 bits per heavy atom. The van der Waals surface area contributed by atoms with Gasteiger partial charge in [-0.15, -0.1) is 0 Å². The molecule has 0 aromatic heterocycles. The molecule has 1 unspecified atom stereocenters. The van der Waals surface area contributed by atoms with Crippen LogP contribution in [-0.2, 0) is 14.8 Å². The van der Waals surface area contributed by atoms with Gasteiger partial charge in [0.15, 0.2) is 0 Å². The van der Waals surface area contributed by atoms with Crippen molar-refractivity contribution in [2.45, 2.75) is 68.4 Å². The fraction of sp³-hybridized carbons (Fsp3) is 0.632. The van der Waals surface area contributed by atoms with Gasteiger partial charge in [0, 0.05) is 24.8 Å². The summed E-state index contributed by atoms with van der Waals surface area (Å²) in [6.07, 6.45) is 8.34. The van der Waals surface area contributed by atoms with Crippen molar-refractivity contribution >= 4 is 15.9 Å². The van der Waals surface area contributed by atoms with Crippen molar-refractivity contribution in [3.05, 3.63) is 29.8 Å². The molecule has 1 saturated heterocycles. The molecule has 26 heavy (non-hydrogen) atoms. The summed E-state index contributed by atoms with van der Waals surface area (Å²) in [4.78, 5) is 12.4. The Bertz CT molecular complexity index is 689. The van der Waals surface area contributed by atoms with Gasteiger partial charge in [0.05, 0.1) is 11.0 Å². The van der Waals surface area contributed by atoms with Crippen molar-refractivity contribution in [2.75, 3.05) is 13.2 Å². The highest BCUT2D eigenvalue weighted by atomic mass is 32.2. The molecule has 1 atom stereocenters. The molecule has 144 valence electrons. The molecule has 0 radical (unpaired) electrons. The zero-order chi connectivity index (χ0) is 18.4. The van der Waals surface area contributed by atoms with Gasteiger partial charge in [0.1, 0.15) is 0 Å². The maximum Gasteiger partial charge on any atom is 0.251 e. The standard InChI is InChI=1S/C19H28N2O4S/c22-19(20-14-17-8-5-13-25-17)15-9-11-18(12-10-15)26(23,24)21-16-6-3-1-2-4-7-16/h9-12,16-17,21H,1-8,13-14H2,(H,20,22). The molecule has 6 nitrogen and oxygen atoms in total. The number of carbonyl (C=O) groups is 1. The normalized spacial score (nSPS) is 22.1. The van der Waals surface area contributed by atoms with Crippen LogP contribution >= 0.6 is 0 Å². The number of nitrogens with one attached hydrogen (secondary N) is 2. The molecule has 0 spiro atoms. The van der Waals surface area contributed by atoms with Crippen LogP contribution in [0, 0.1) is 0 Å². The van der Waals surface area contributed by atoms with E-state index in [2.05, 4.69) is 10.0 Å². The van der Waals surface area contributed by atoms with Crippen LogP contribution in [0.4, 0.5) is 0 Å². The van der Waals surface area contributed by atoms with Crippen LogP contribution in [0.15, 0.2) is 29.2 Å². The average Bonchev–Trinajstić information content (AvgIpc) is 3.04. The number of rotatable bonds is 6. The molecule has 1 heterocycles. The van der Waals surface area contributed by atoms with E-state index >= 15 is 0 Å². The average molecular weight is 381 g/mol. The van der Waals surface area contributed by atoms with Gasteiger partial charge < -0.3 is 10.1 Å². The van der Waals surface area contributed by atoms with Crippen molar-refractivity contribution in [1.29, 1.82) is 0 Å². The van der Waals surface area contributed by atoms with Gasteiger partial charge in [0.25, 0.3) is 5.91 Å². The quantitative estimate of drug-likeness (QED) is 0.743. The predicted molar refractivity (Wildman–Crippen MR) is 99.6 cm³/mol. The Kier molecular flexibility index (Phi) is 6.67. The molecule has 1 aromatic carbocycles. The number of amides is 1. The second kappa shape index (κ2) is 8.97. The lowest BCUT2D eigenvalue weighted by Gasteiger charge is -2.16. The van der Waals surface area contributed by atoms with E-state index in [0.717, 1.165) is 45.1 Å². The van der Waals surface area contributed by atoms with Gasteiger partial charge in [0.2, 0.25) is 10.0 Å². The number of sulfonamides is 1. The van der Waals surface area contributed by atoms with Crippen molar-refractivity contribution in [2.24, 2.45) is 0 Å². The topological polar surface area (TPSA) is 84.5 Å². The lowest BCUT2D eigenvalue weighted by molar-refractivity contribution is 0.0857. The Morgan fingerprint density at radius 1 is 1.00 bits per heavy atom. The Morgan fingerprint density at radius 3 is 2.31 bits per heavy atom. The first-order chi connectivity index (χ1) is 12.5. The smallest absolute Gasteiger partial charge is 0.251 e. The van der Waals surface area contributed by atoms with E-state index in [4.69, 9.17) is 4.74 Å². The summed E-state index contributed by atoms with van der Waals surface area (Å²) in [6, 6.07) is 6.14. The number of carbonyl (C=O) groups excluding carboxylic acids is 1. The van der Waals surface area contributed by atoms with E-state index in [1.54, 1.807) is 12.1 Å². The van der Waals surface area contributed by atoms with E-state index in [1.165, 1.54) is 25.0 Å².